The van der Waals surface area contributed by atoms with Crippen LogP contribution in [-0.2, 0) is 5.41 Å². The molecule has 3 N–H and O–H groups in total. The highest BCUT2D eigenvalue weighted by Crippen LogP contribution is 2.68. The molecule has 2 bridgehead atoms. The molecule has 0 aromatic heterocycles. The van der Waals surface area contributed by atoms with Crippen molar-refractivity contribution in [1.82, 2.24) is 5.43 Å². The summed E-state index contributed by atoms with van der Waals surface area (Å²) in [7, 11) is 0. The molecule has 0 atom stereocenters. The van der Waals surface area contributed by atoms with Gasteiger partial charge in [0.2, 0.25) is 0 Å². The number of nitrogens with one attached hydrogen (secondary N) is 1. The van der Waals surface area contributed by atoms with Crippen molar-refractivity contribution in [2.45, 2.75) is 37.1 Å². The molecular formula is C12H15ClN2. The summed E-state index contributed by atoms with van der Waals surface area (Å²) >= 11 is 6.15. The zero-order valence-electron chi connectivity index (χ0n) is 8.81. The molecule has 0 unspecified atom stereocenters. The van der Waals surface area contributed by atoms with E-state index in [2.05, 4.69) is 18.4 Å². The van der Waals surface area contributed by atoms with Crippen molar-refractivity contribution in [2.75, 3.05) is 0 Å². The molecule has 3 aliphatic carbocycles. The first kappa shape index (κ1) is 9.64. The van der Waals surface area contributed by atoms with Gasteiger partial charge in [-0.1, -0.05) is 23.7 Å². The zero-order chi connectivity index (χ0) is 10.7. The molecule has 0 radical (unpaired) electrons. The molecule has 0 aliphatic heterocycles. The molecule has 0 saturated heterocycles. The predicted molar refractivity (Wildman–Crippen MR) is 61.8 cm³/mol. The average Bonchev–Trinajstić information content (AvgIpc) is 2.08. The monoisotopic (exact) mass is 222 g/mol. The van der Waals surface area contributed by atoms with E-state index < -0.39 is 0 Å². The van der Waals surface area contributed by atoms with E-state index in [1.54, 1.807) is 0 Å². The fraction of sp³-hybridized carbons (Fsp3) is 0.500. The quantitative estimate of drug-likeness (QED) is 0.595. The standard InChI is InChI=1S/C12H15ClN2/c1-8-9(3-2-4-10(8)13)11-5-12(6-11,7-11)15-14/h2-4,15H,5-7,14H2,1H3. The van der Waals surface area contributed by atoms with Crippen LogP contribution in [0.25, 0.3) is 0 Å². The molecule has 0 spiro atoms. The zero-order valence-corrected chi connectivity index (χ0v) is 9.56. The second-order valence-corrected chi connectivity index (χ2v) is 5.55. The van der Waals surface area contributed by atoms with E-state index in [0.29, 0.717) is 5.41 Å². The van der Waals surface area contributed by atoms with Crippen molar-refractivity contribution in [3.05, 3.63) is 34.3 Å². The molecule has 0 amide bonds. The smallest absolute Gasteiger partial charge is 0.0438 e. The summed E-state index contributed by atoms with van der Waals surface area (Å²) in [4.78, 5) is 0. The Bertz CT molecular complexity index is 408. The minimum absolute atomic E-state index is 0.245. The van der Waals surface area contributed by atoms with Crippen LogP contribution in [0.1, 0.15) is 30.4 Å². The first-order chi connectivity index (χ1) is 7.11. The molecule has 2 nitrogen and oxygen atoms in total. The lowest BCUT2D eigenvalue weighted by molar-refractivity contribution is -0.0886. The van der Waals surface area contributed by atoms with Gasteiger partial charge in [0.25, 0.3) is 0 Å². The summed E-state index contributed by atoms with van der Waals surface area (Å²) in [5.74, 6) is 5.53. The predicted octanol–water partition coefficient (Wildman–Crippen LogP) is 2.29. The van der Waals surface area contributed by atoms with Gasteiger partial charge >= 0.3 is 0 Å². The highest BCUT2D eigenvalue weighted by atomic mass is 35.5. The highest BCUT2D eigenvalue weighted by molar-refractivity contribution is 6.31. The molecule has 4 rings (SSSR count). The summed E-state index contributed by atoms with van der Waals surface area (Å²) in [5, 5.41) is 0.881. The Balaban J connectivity index is 1.94. The van der Waals surface area contributed by atoms with Gasteiger partial charge in [-0.05, 0) is 43.4 Å². The third-order valence-electron chi connectivity index (χ3n) is 4.18. The van der Waals surface area contributed by atoms with Gasteiger partial charge in [-0.2, -0.15) is 0 Å². The lowest BCUT2D eigenvalue weighted by Gasteiger charge is -2.71. The van der Waals surface area contributed by atoms with Crippen molar-refractivity contribution in [3.8, 4) is 0 Å². The van der Waals surface area contributed by atoms with Gasteiger partial charge in [-0.15, -0.1) is 0 Å². The molecule has 15 heavy (non-hydrogen) atoms. The van der Waals surface area contributed by atoms with Gasteiger partial charge in [0.15, 0.2) is 0 Å². The molecule has 1 aromatic rings. The third-order valence-corrected chi connectivity index (χ3v) is 4.59. The Morgan fingerprint density at radius 1 is 1.33 bits per heavy atom. The SMILES string of the molecule is Cc1c(Cl)cccc1C12CC(NN)(C1)C2. The normalized spacial score (nSPS) is 37.0. The number of hydrogen-bond donors (Lipinski definition) is 2. The number of nitrogens with two attached hydrogens (primary N) is 1. The average molecular weight is 223 g/mol. The topological polar surface area (TPSA) is 38.0 Å². The summed E-state index contributed by atoms with van der Waals surface area (Å²) in [5.41, 5.74) is 6.22. The maximum Gasteiger partial charge on any atom is 0.0438 e. The van der Waals surface area contributed by atoms with Crippen LogP contribution in [0.5, 0.6) is 0 Å². The maximum absolute atomic E-state index is 6.15. The summed E-state index contributed by atoms with van der Waals surface area (Å²) < 4.78 is 0. The van der Waals surface area contributed by atoms with Crippen LogP contribution in [0.4, 0.5) is 0 Å². The van der Waals surface area contributed by atoms with E-state index in [1.807, 2.05) is 12.1 Å². The molecule has 3 aliphatic rings. The van der Waals surface area contributed by atoms with Crippen LogP contribution in [0, 0.1) is 6.92 Å². The lowest BCUT2D eigenvalue weighted by atomic mass is 9.37. The van der Waals surface area contributed by atoms with E-state index in [0.717, 1.165) is 24.3 Å². The first-order valence-corrected chi connectivity index (χ1v) is 5.72. The number of rotatable bonds is 2. The summed E-state index contributed by atoms with van der Waals surface area (Å²) in [6.07, 6.45) is 3.49. The van der Waals surface area contributed by atoms with Crippen LogP contribution in [0.15, 0.2) is 18.2 Å². The number of hydrogen-bond acceptors (Lipinski definition) is 2. The van der Waals surface area contributed by atoms with Crippen LogP contribution < -0.4 is 11.3 Å². The Labute approximate surface area is 94.8 Å². The summed E-state index contributed by atoms with van der Waals surface area (Å²) in [6.45, 7) is 2.11. The van der Waals surface area contributed by atoms with Crippen molar-refractivity contribution in [2.24, 2.45) is 5.84 Å². The lowest BCUT2D eigenvalue weighted by Crippen LogP contribution is -2.77. The van der Waals surface area contributed by atoms with Gasteiger partial charge < -0.3 is 0 Å². The Morgan fingerprint density at radius 2 is 2.00 bits per heavy atom. The minimum Gasteiger partial charge on any atom is -0.271 e. The molecule has 1 aromatic carbocycles. The molecule has 80 valence electrons. The highest BCUT2D eigenvalue weighted by Gasteiger charge is 2.68. The van der Waals surface area contributed by atoms with E-state index in [1.165, 1.54) is 11.1 Å². The van der Waals surface area contributed by atoms with Crippen molar-refractivity contribution < 1.29 is 0 Å². The Hall–Kier alpha value is -0.570. The second kappa shape index (κ2) is 2.76. The van der Waals surface area contributed by atoms with E-state index in [9.17, 15) is 0 Å². The van der Waals surface area contributed by atoms with Gasteiger partial charge in [0, 0.05) is 16.0 Å². The van der Waals surface area contributed by atoms with E-state index in [-0.39, 0.29) is 5.54 Å². The van der Waals surface area contributed by atoms with Crippen LogP contribution in [-0.4, -0.2) is 5.54 Å². The molecule has 3 saturated carbocycles. The van der Waals surface area contributed by atoms with Crippen LogP contribution in [0.3, 0.4) is 0 Å². The minimum atomic E-state index is 0.245. The molecule has 0 heterocycles. The molecular weight excluding hydrogens is 208 g/mol. The van der Waals surface area contributed by atoms with Crippen molar-refractivity contribution in [3.63, 3.8) is 0 Å². The van der Waals surface area contributed by atoms with Crippen LogP contribution >= 0.6 is 11.6 Å². The van der Waals surface area contributed by atoms with E-state index in [4.69, 9.17) is 17.4 Å². The molecule has 3 heteroatoms. The maximum atomic E-state index is 6.15. The summed E-state index contributed by atoms with van der Waals surface area (Å²) in [6, 6.07) is 6.22. The first-order valence-electron chi connectivity index (χ1n) is 5.34. The Morgan fingerprint density at radius 3 is 2.60 bits per heavy atom. The van der Waals surface area contributed by atoms with Crippen molar-refractivity contribution >= 4 is 11.6 Å². The van der Waals surface area contributed by atoms with Gasteiger partial charge in [-0.25, -0.2) is 0 Å². The number of benzene rings is 1. The van der Waals surface area contributed by atoms with Gasteiger partial charge in [0.1, 0.15) is 0 Å². The van der Waals surface area contributed by atoms with Gasteiger partial charge in [0.05, 0.1) is 0 Å². The fourth-order valence-electron chi connectivity index (χ4n) is 3.41. The van der Waals surface area contributed by atoms with Crippen LogP contribution in [0.2, 0.25) is 5.02 Å². The van der Waals surface area contributed by atoms with E-state index >= 15 is 0 Å². The third kappa shape index (κ3) is 1.07. The fourth-order valence-corrected chi connectivity index (χ4v) is 3.58. The van der Waals surface area contributed by atoms with Crippen molar-refractivity contribution in [1.29, 1.82) is 0 Å². The van der Waals surface area contributed by atoms with Gasteiger partial charge in [-0.3, -0.25) is 11.3 Å². The second-order valence-electron chi connectivity index (χ2n) is 5.15. The number of halogens is 1. The Kier molecular flexibility index (Phi) is 1.77. The molecule has 3 fully saturated rings. The largest absolute Gasteiger partial charge is 0.271 e. The number of hydrazine groups is 1.